The first-order valence-electron chi connectivity index (χ1n) is 7.21. The highest BCUT2D eigenvalue weighted by atomic mass is 19.3. The van der Waals surface area contributed by atoms with Crippen LogP contribution in [-0.4, -0.2) is 19.8 Å². The van der Waals surface area contributed by atoms with Gasteiger partial charge in [0.1, 0.15) is 11.5 Å². The van der Waals surface area contributed by atoms with Crippen LogP contribution in [0.25, 0.3) is 0 Å². The Bertz CT molecular complexity index is 691. The van der Waals surface area contributed by atoms with Crippen molar-refractivity contribution >= 4 is 11.7 Å². The van der Waals surface area contributed by atoms with Crippen LogP contribution >= 0.6 is 0 Å². The largest absolute Gasteiger partial charge is 0.495 e. The van der Waals surface area contributed by atoms with E-state index in [0.29, 0.717) is 11.4 Å². The number of carbonyl (C=O) groups is 1. The summed E-state index contributed by atoms with van der Waals surface area (Å²) >= 11 is 0. The fourth-order valence-corrected chi connectivity index (χ4v) is 2.06. The van der Waals surface area contributed by atoms with E-state index >= 15 is 0 Å². The fraction of sp³-hybridized carbons (Fsp3) is 0.235. The van der Waals surface area contributed by atoms with E-state index in [4.69, 9.17) is 4.74 Å². The molecule has 2 rings (SSSR count). The Morgan fingerprint density at radius 3 is 2.50 bits per heavy atom. The van der Waals surface area contributed by atoms with Gasteiger partial charge in [-0.3, -0.25) is 0 Å². The molecule has 0 unspecified atom stereocenters. The zero-order valence-electron chi connectivity index (χ0n) is 13.3. The highest BCUT2D eigenvalue weighted by molar-refractivity contribution is 5.91. The van der Waals surface area contributed by atoms with Gasteiger partial charge in [-0.1, -0.05) is 18.2 Å². The highest BCUT2D eigenvalue weighted by Gasteiger charge is 2.08. The quantitative estimate of drug-likeness (QED) is 0.840. The summed E-state index contributed by atoms with van der Waals surface area (Å²) in [6.45, 7) is -0.704. The van der Waals surface area contributed by atoms with E-state index in [-0.39, 0.29) is 12.3 Å². The van der Waals surface area contributed by atoms with E-state index in [1.54, 1.807) is 24.3 Å². The van der Waals surface area contributed by atoms with Crippen molar-refractivity contribution < 1.29 is 23.0 Å². The average molecular weight is 336 g/mol. The molecular weight excluding hydrogens is 318 g/mol. The van der Waals surface area contributed by atoms with Gasteiger partial charge in [-0.25, -0.2) is 4.79 Å². The van der Waals surface area contributed by atoms with Crippen LogP contribution < -0.4 is 20.1 Å². The Labute approximate surface area is 138 Å². The Morgan fingerprint density at radius 1 is 1.17 bits per heavy atom. The molecule has 7 heteroatoms. The molecule has 0 atom stereocenters. The van der Waals surface area contributed by atoms with E-state index in [1.165, 1.54) is 19.2 Å². The SMILES string of the molecule is COc1ccc(C)cc1NC(=O)NCc1ccc(OC(F)F)cc1. The van der Waals surface area contributed by atoms with Gasteiger partial charge in [0, 0.05) is 6.54 Å². The monoisotopic (exact) mass is 336 g/mol. The summed E-state index contributed by atoms with van der Waals surface area (Å²) in [6, 6.07) is 11.1. The number of alkyl halides is 2. The molecular formula is C17H18F2N2O3. The summed E-state index contributed by atoms with van der Waals surface area (Å²) in [4.78, 5) is 12.0. The van der Waals surface area contributed by atoms with Gasteiger partial charge in [-0.2, -0.15) is 8.78 Å². The van der Waals surface area contributed by atoms with Crippen LogP contribution in [0.5, 0.6) is 11.5 Å². The molecule has 0 saturated carbocycles. The standard InChI is InChI=1S/C17H18F2N2O3/c1-11-3-8-15(23-2)14(9-11)21-17(22)20-10-12-4-6-13(7-5-12)24-16(18)19/h3-9,16H,10H2,1-2H3,(H2,20,21,22). The molecule has 0 saturated heterocycles. The molecule has 0 heterocycles. The molecule has 2 aromatic carbocycles. The lowest BCUT2D eigenvalue weighted by molar-refractivity contribution is -0.0498. The second-order valence-corrected chi connectivity index (χ2v) is 5.03. The zero-order chi connectivity index (χ0) is 17.5. The highest BCUT2D eigenvalue weighted by Crippen LogP contribution is 2.25. The summed E-state index contributed by atoms with van der Waals surface area (Å²) < 4.78 is 33.6. The minimum Gasteiger partial charge on any atom is -0.495 e. The number of carbonyl (C=O) groups excluding carboxylic acids is 1. The maximum atomic E-state index is 12.1. The molecule has 2 amide bonds. The molecule has 0 radical (unpaired) electrons. The number of amides is 2. The Hall–Kier alpha value is -2.83. The summed E-state index contributed by atoms with van der Waals surface area (Å²) in [5, 5.41) is 5.39. The van der Waals surface area contributed by atoms with Crippen LogP contribution in [0.1, 0.15) is 11.1 Å². The van der Waals surface area contributed by atoms with E-state index in [2.05, 4.69) is 15.4 Å². The summed E-state index contributed by atoms with van der Waals surface area (Å²) in [6.07, 6.45) is 0. The Morgan fingerprint density at radius 2 is 1.88 bits per heavy atom. The maximum Gasteiger partial charge on any atom is 0.387 e. The summed E-state index contributed by atoms with van der Waals surface area (Å²) in [7, 11) is 1.52. The number of anilines is 1. The number of aryl methyl sites for hydroxylation is 1. The van der Waals surface area contributed by atoms with E-state index < -0.39 is 12.6 Å². The zero-order valence-corrected chi connectivity index (χ0v) is 13.3. The van der Waals surface area contributed by atoms with Gasteiger partial charge in [0.25, 0.3) is 0 Å². The molecule has 0 fully saturated rings. The van der Waals surface area contributed by atoms with Crippen molar-refractivity contribution in [3.05, 3.63) is 53.6 Å². The molecule has 0 aliphatic rings. The third-order valence-corrected chi connectivity index (χ3v) is 3.20. The molecule has 0 aliphatic carbocycles. The van der Waals surface area contributed by atoms with Crippen LogP contribution in [0.15, 0.2) is 42.5 Å². The third-order valence-electron chi connectivity index (χ3n) is 3.20. The summed E-state index contributed by atoms with van der Waals surface area (Å²) in [5.74, 6) is 0.631. The smallest absolute Gasteiger partial charge is 0.387 e. The Balaban J connectivity index is 1.90. The van der Waals surface area contributed by atoms with Gasteiger partial charge < -0.3 is 20.1 Å². The lowest BCUT2D eigenvalue weighted by Gasteiger charge is -2.12. The normalized spacial score (nSPS) is 10.4. The number of urea groups is 1. The van der Waals surface area contributed by atoms with Crippen LogP contribution in [0, 0.1) is 6.92 Å². The van der Waals surface area contributed by atoms with Gasteiger partial charge in [0.15, 0.2) is 0 Å². The predicted octanol–water partition coefficient (Wildman–Crippen LogP) is 3.93. The van der Waals surface area contributed by atoms with Crippen molar-refractivity contribution in [3.63, 3.8) is 0 Å². The van der Waals surface area contributed by atoms with E-state index in [9.17, 15) is 13.6 Å². The topological polar surface area (TPSA) is 59.6 Å². The predicted molar refractivity (Wildman–Crippen MR) is 86.7 cm³/mol. The van der Waals surface area contributed by atoms with Gasteiger partial charge in [-0.05, 0) is 42.3 Å². The van der Waals surface area contributed by atoms with E-state index in [0.717, 1.165) is 11.1 Å². The average Bonchev–Trinajstić information content (AvgIpc) is 2.54. The minimum atomic E-state index is -2.86. The van der Waals surface area contributed by atoms with Crippen LogP contribution in [0.3, 0.4) is 0 Å². The van der Waals surface area contributed by atoms with Crippen molar-refractivity contribution in [2.24, 2.45) is 0 Å². The molecule has 24 heavy (non-hydrogen) atoms. The molecule has 0 aromatic heterocycles. The van der Waals surface area contributed by atoms with Crippen molar-refractivity contribution in [3.8, 4) is 11.5 Å². The van der Waals surface area contributed by atoms with Crippen LogP contribution in [-0.2, 0) is 6.54 Å². The number of rotatable bonds is 6. The minimum absolute atomic E-state index is 0.0719. The molecule has 5 nitrogen and oxygen atoms in total. The molecule has 0 spiro atoms. The number of halogens is 2. The number of benzene rings is 2. The molecule has 128 valence electrons. The van der Waals surface area contributed by atoms with Crippen molar-refractivity contribution in [1.82, 2.24) is 5.32 Å². The number of hydrogen-bond acceptors (Lipinski definition) is 3. The summed E-state index contributed by atoms with van der Waals surface area (Å²) in [5.41, 5.74) is 2.30. The lowest BCUT2D eigenvalue weighted by atomic mass is 10.2. The van der Waals surface area contributed by atoms with Gasteiger partial charge in [-0.15, -0.1) is 0 Å². The number of hydrogen-bond donors (Lipinski definition) is 2. The second kappa shape index (κ2) is 8.14. The van der Waals surface area contributed by atoms with Crippen molar-refractivity contribution in [1.29, 1.82) is 0 Å². The number of ether oxygens (including phenoxy) is 2. The first-order valence-corrected chi connectivity index (χ1v) is 7.21. The van der Waals surface area contributed by atoms with Gasteiger partial charge >= 0.3 is 12.6 Å². The maximum absolute atomic E-state index is 12.1. The first-order chi connectivity index (χ1) is 11.5. The fourth-order valence-electron chi connectivity index (χ4n) is 2.06. The Kier molecular flexibility index (Phi) is 5.95. The molecule has 2 aromatic rings. The van der Waals surface area contributed by atoms with E-state index in [1.807, 2.05) is 13.0 Å². The molecule has 0 bridgehead atoms. The second-order valence-electron chi connectivity index (χ2n) is 5.03. The molecule has 2 N–H and O–H groups in total. The van der Waals surface area contributed by atoms with Crippen LogP contribution in [0.2, 0.25) is 0 Å². The lowest BCUT2D eigenvalue weighted by Crippen LogP contribution is -2.28. The van der Waals surface area contributed by atoms with Crippen molar-refractivity contribution in [2.45, 2.75) is 20.1 Å². The van der Waals surface area contributed by atoms with Crippen molar-refractivity contribution in [2.75, 3.05) is 12.4 Å². The van der Waals surface area contributed by atoms with Gasteiger partial charge in [0.05, 0.1) is 12.8 Å². The first kappa shape index (κ1) is 17.5. The number of methoxy groups -OCH3 is 1. The number of nitrogens with one attached hydrogen (secondary N) is 2. The van der Waals surface area contributed by atoms with Gasteiger partial charge in [0.2, 0.25) is 0 Å². The third kappa shape index (κ3) is 5.12. The molecule has 0 aliphatic heterocycles. The van der Waals surface area contributed by atoms with Crippen LogP contribution in [0.4, 0.5) is 19.3 Å².